The Morgan fingerprint density at radius 2 is 2.21 bits per heavy atom. The predicted molar refractivity (Wildman–Crippen MR) is 56.3 cm³/mol. The molecule has 3 heteroatoms. The fourth-order valence-corrected chi connectivity index (χ4v) is 2.74. The summed E-state index contributed by atoms with van der Waals surface area (Å²) in [6, 6.07) is 1.34. The van der Waals surface area contributed by atoms with Crippen LogP contribution in [0.5, 0.6) is 0 Å². The van der Waals surface area contributed by atoms with Gasteiger partial charge < -0.3 is 10.2 Å². The van der Waals surface area contributed by atoms with Crippen molar-refractivity contribution in [1.82, 2.24) is 10.2 Å². The largest absolute Gasteiger partial charge is 0.304 e. The molecule has 2 rings (SSSR count). The summed E-state index contributed by atoms with van der Waals surface area (Å²) in [5.41, 5.74) is 0. The van der Waals surface area contributed by atoms with Gasteiger partial charge in [0.05, 0.1) is 6.04 Å². The molecule has 0 spiro atoms. The number of nitrogens with zero attached hydrogens (tertiary/aromatic N) is 1. The van der Waals surface area contributed by atoms with Gasteiger partial charge in [0.1, 0.15) is 5.78 Å². The van der Waals surface area contributed by atoms with Gasteiger partial charge in [-0.3, -0.25) is 4.79 Å². The molecule has 0 aromatic rings. The first-order valence-electron chi connectivity index (χ1n) is 5.63. The number of hydrogen-bond acceptors (Lipinski definition) is 3. The quantitative estimate of drug-likeness (QED) is 0.673. The van der Waals surface area contributed by atoms with Gasteiger partial charge in [-0.05, 0) is 33.2 Å². The van der Waals surface area contributed by atoms with Gasteiger partial charge >= 0.3 is 0 Å². The molecular formula is C11H20N2O. The second kappa shape index (κ2) is 3.99. The molecule has 3 nitrogen and oxygen atoms in total. The number of hydrogen-bond donors (Lipinski definition) is 1. The Bertz CT molecular complexity index is 225. The molecule has 1 saturated heterocycles. The molecule has 14 heavy (non-hydrogen) atoms. The van der Waals surface area contributed by atoms with Crippen LogP contribution in [0.1, 0.15) is 32.6 Å². The Labute approximate surface area is 85.8 Å². The second-order valence-electron chi connectivity index (χ2n) is 4.79. The second-order valence-corrected chi connectivity index (χ2v) is 4.79. The van der Waals surface area contributed by atoms with Crippen molar-refractivity contribution in [3.05, 3.63) is 0 Å². The molecule has 1 aliphatic heterocycles. The molecule has 0 aromatic carbocycles. The number of fused-ring (bicyclic) bond motifs is 2. The minimum absolute atomic E-state index is 0.0631. The molecule has 2 bridgehead atoms. The van der Waals surface area contributed by atoms with Gasteiger partial charge in [-0.25, -0.2) is 0 Å². The lowest BCUT2D eigenvalue weighted by molar-refractivity contribution is -0.119. The van der Waals surface area contributed by atoms with Crippen LogP contribution in [0.15, 0.2) is 0 Å². The first kappa shape index (κ1) is 10.1. The Morgan fingerprint density at radius 3 is 2.93 bits per heavy atom. The smallest absolute Gasteiger partial charge is 0.147 e. The molecule has 3 atom stereocenters. The van der Waals surface area contributed by atoms with Gasteiger partial charge in [0.25, 0.3) is 0 Å². The summed E-state index contributed by atoms with van der Waals surface area (Å²) in [6.45, 7) is 2.58. The number of likely N-dealkylation sites (N-methyl/N-ethyl adjacent to an activating group) is 1. The van der Waals surface area contributed by atoms with E-state index < -0.39 is 0 Å². The lowest BCUT2D eigenvalue weighted by atomic mass is 9.91. The summed E-state index contributed by atoms with van der Waals surface area (Å²) < 4.78 is 0. The van der Waals surface area contributed by atoms with Crippen molar-refractivity contribution >= 4 is 5.78 Å². The minimum atomic E-state index is 0.0631. The summed E-state index contributed by atoms with van der Waals surface area (Å²) in [6.07, 6.45) is 5.07. The SMILES string of the molecule is CC(=O)C1CN(C)C2CCCC(C2)N1. The fraction of sp³-hybridized carbons (Fsp3) is 0.909. The van der Waals surface area contributed by atoms with E-state index >= 15 is 0 Å². The highest BCUT2D eigenvalue weighted by Gasteiger charge is 2.32. The summed E-state index contributed by atoms with van der Waals surface area (Å²) in [5.74, 6) is 0.282. The molecule has 0 amide bonds. The van der Waals surface area contributed by atoms with E-state index in [0.717, 1.165) is 6.54 Å². The Kier molecular flexibility index (Phi) is 2.88. The zero-order valence-corrected chi connectivity index (χ0v) is 9.12. The van der Waals surface area contributed by atoms with E-state index in [1.54, 1.807) is 6.92 Å². The number of Topliss-reactive ketones (excluding diaryl/α,β-unsaturated/α-hetero) is 1. The van der Waals surface area contributed by atoms with Crippen LogP contribution in [0.25, 0.3) is 0 Å². The Balaban J connectivity index is 2.09. The number of nitrogens with one attached hydrogen (secondary N) is 1. The zero-order valence-electron chi connectivity index (χ0n) is 9.12. The highest BCUT2D eigenvalue weighted by atomic mass is 16.1. The predicted octanol–water partition coefficient (Wildman–Crippen LogP) is 0.790. The van der Waals surface area contributed by atoms with E-state index in [0.29, 0.717) is 12.1 Å². The fourth-order valence-electron chi connectivity index (χ4n) is 2.74. The molecule has 3 unspecified atom stereocenters. The lowest BCUT2D eigenvalue weighted by Gasteiger charge is -2.31. The summed E-state index contributed by atoms with van der Waals surface area (Å²) >= 11 is 0. The monoisotopic (exact) mass is 196 g/mol. The maximum atomic E-state index is 11.4. The highest BCUT2D eigenvalue weighted by molar-refractivity contribution is 5.81. The van der Waals surface area contributed by atoms with Crippen LogP contribution in [0.3, 0.4) is 0 Å². The number of ketones is 1. The van der Waals surface area contributed by atoms with Crippen LogP contribution in [0.2, 0.25) is 0 Å². The van der Waals surface area contributed by atoms with Crippen molar-refractivity contribution in [2.75, 3.05) is 13.6 Å². The maximum absolute atomic E-state index is 11.4. The molecule has 2 aliphatic rings. The molecule has 1 heterocycles. The molecule has 80 valence electrons. The van der Waals surface area contributed by atoms with Gasteiger partial charge in [-0.1, -0.05) is 6.42 Å². The third-order valence-electron chi connectivity index (χ3n) is 3.67. The van der Waals surface area contributed by atoms with E-state index in [1.165, 1.54) is 25.7 Å². The van der Waals surface area contributed by atoms with E-state index in [4.69, 9.17) is 0 Å². The van der Waals surface area contributed by atoms with Gasteiger partial charge in [-0.2, -0.15) is 0 Å². The number of carbonyl (C=O) groups is 1. The van der Waals surface area contributed by atoms with Gasteiger partial charge in [-0.15, -0.1) is 0 Å². The van der Waals surface area contributed by atoms with Crippen molar-refractivity contribution < 1.29 is 4.79 Å². The van der Waals surface area contributed by atoms with Crippen molar-refractivity contribution in [3.8, 4) is 0 Å². The Morgan fingerprint density at radius 1 is 1.43 bits per heavy atom. The van der Waals surface area contributed by atoms with Crippen molar-refractivity contribution in [1.29, 1.82) is 0 Å². The molecule has 1 N–H and O–H groups in total. The molecule has 0 radical (unpaired) electrons. The third-order valence-corrected chi connectivity index (χ3v) is 3.67. The lowest BCUT2D eigenvalue weighted by Crippen LogP contribution is -2.44. The number of carbonyl (C=O) groups excluding carboxylic acids is 1. The maximum Gasteiger partial charge on any atom is 0.147 e. The van der Waals surface area contributed by atoms with Crippen LogP contribution in [-0.4, -0.2) is 42.4 Å². The average Bonchev–Trinajstić information content (AvgIpc) is 2.26. The van der Waals surface area contributed by atoms with Crippen LogP contribution in [0.4, 0.5) is 0 Å². The van der Waals surface area contributed by atoms with Crippen molar-refractivity contribution in [2.24, 2.45) is 0 Å². The molecule has 0 aromatic heterocycles. The van der Waals surface area contributed by atoms with Gasteiger partial charge in [0.15, 0.2) is 0 Å². The van der Waals surface area contributed by atoms with E-state index in [9.17, 15) is 4.79 Å². The summed E-state index contributed by atoms with van der Waals surface area (Å²) in [5, 5.41) is 3.49. The van der Waals surface area contributed by atoms with Crippen molar-refractivity contribution in [2.45, 2.75) is 50.7 Å². The normalized spacial score (nSPS) is 39.1. The summed E-state index contributed by atoms with van der Waals surface area (Å²) in [7, 11) is 2.15. The molecule has 2 fully saturated rings. The topological polar surface area (TPSA) is 32.3 Å². The number of rotatable bonds is 1. The first-order chi connectivity index (χ1) is 6.66. The van der Waals surface area contributed by atoms with Gasteiger partial charge in [0, 0.05) is 18.6 Å². The zero-order chi connectivity index (χ0) is 10.1. The van der Waals surface area contributed by atoms with Gasteiger partial charge in [0.2, 0.25) is 0 Å². The average molecular weight is 196 g/mol. The minimum Gasteiger partial charge on any atom is -0.304 e. The third kappa shape index (κ3) is 1.98. The standard InChI is InChI=1S/C11H20N2O/c1-8(14)11-7-13(2)10-5-3-4-9(6-10)12-11/h9-12H,3-7H2,1-2H3. The molecule has 1 saturated carbocycles. The first-order valence-corrected chi connectivity index (χ1v) is 5.63. The molecule has 1 aliphatic carbocycles. The van der Waals surface area contributed by atoms with E-state index in [1.807, 2.05) is 0 Å². The van der Waals surface area contributed by atoms with Crippen LogP contribution < -0.4 is 5.32 Å². The van der Waals surface area contributed by atoms with Crippen molar-refractivity contribution in [3.63, 3.8) is 0 Å². The van der Waals surface area contributed by atoms with Crippen LogP contribution >= 0.6 is 0 Å². The van der Waals surface area contributed by atoms with Crippen LogP contribution in [0, 0.1) is 0 Å². The molecular weight excluding hydrogens is 176 g/mol. The highest BCUT2D eigenvalue weighted by Crippen LogP contribution is 2.25. The van der Waals surface area contributed by atoms with E-state index in [2.05, 4.69) is 17.3 Å². The van der Waals surface area contributed by atoms with E-state index in [-0.39, 0.29) is 11.8 Å². The Hall–Kier alpha value is -0.410. The van der Waals surface area contributed by atoms with Crippen LogP contribution in [-0.2, 0) is 4.79 Å². The summed E-state index contributed by atoms with van der Waals surface area (Å²) in [4.78, 5) is 13.8.